The van der Waals surface area contributed by atoms with Crippen molar-refractivity contribution in [1.82, 2.24) is 25.0 Å². The Kier molecular flexibility index (Phi) is 5.22. The number of likely N-dealkylation sites (tertiary alicyclic amines) is 1. The zero-order valence-corrected chi connectivity index (χ0v) is 15.3. The second-order valence-corrected chi connectivity index (χ2v) is 7.93. The van der Waals surface area contributed by atoms with Gasteiger partial charge in [-0.1, -0.05) is 32.1 Å². The second kappa shape index (κ2) is 7.75. The average molecular weight is 345 g/mol. The Hall–Kier alpha value is -1.59. The van der Waals surface area contributed by atoms with Crippen molar-refractivity contribution in [1.29, 1.82) is 0 Å². The van der Waals surface area contributed by atoms with Gasteiger partial charge in [-0.25, -0.2) is 4.79 Å². The SMILES string of the molecule is O=C(NC1CCCCCC1)N1CCC[C@H]1c1nnc2n1CCCCC2. The van der Waals surface area contributed by atoms with Crippen molar-refractivity contribution in [3.05, 3.63) is 11.6 Å². The molecule has 0 aromatic carbocycles. The molecule has 25 heavy (non-hydrogen) atoms. The fourth-order valence-electron chi connectivity index (χ4n) is 4.71. The molecule has 1 N–H and O–H groups in total. The molecule has 1 aromatic rings. The number of fused-ring (bicyclic) bond motifs is 1. The third kappa shape index (κ3) is 3.67. The Morgan fingerprint density at radius 1 is 0.880 bits per heavy atom. The average Bonchev–Trinajstić information content (AvgIpc) is 3.07. The molecule has 6 heteroatoms. The van der Waals surface area contributed by atoms with Crippen LogP contribution in [0.3, 0.4) is 0 Å². The summed E-state index contributed by atoms with van der Waals surface area (Å²) in [6.07, 6.45) is 14.1. The molecule has 1 saturated carbocycles. The lowest BCUT2D eigenvalue weighted by atomic mass is 10.1. The van der Waals surface area contributed by atoms with Gasteiger partial charge in [-0.05, 0) is 38.5 Å². The lowest BCUT2D eigenvalue weighted by Gasteiger charge is -2.27. The van der Waals surface area contributed by atoms with Gasteiger partial charge in [-0.15, -0.1) is 10.2 Å². The van der Waals surface area contributed by atoms with E-state index in [0.29, 0.717) is 6.04 Å². The number of hydrogen-bond donors (Lipinski definition) is 1. The first-order chi connectivity index (χ1) is 12.3. The fourth-order valence-corrected chi connectivity index (χ4v) is 4.71. The zero-order chi connectivity index (χ0) is 17.1. The van der Waals surface area contributed by atoms with Gasteiger partial charge in [0.15, 0.2) is 5.82 Å². The molecule has 2 amide bonds. The summed E-state index contributed by atoms with van der Waals surface area (Å²) in [5, 5.41) is 12.3. The maximum Gasteiger partial charge on any atom is 0.318 e. The van der Waals surface area contributed by atoms with Gasteiger partial charge in [0, 0.05) is 25.6 Å². The molecule has 138 valence electrons. The van der Waals surface area contributed by atoms with E-state index in [9.17, 15) is 4.79 Å². The van der Waals surface area contributed by atoms with Crippen molar-refractivity contribution in [2.45, 2.75) is 95.7 Å². The topological polar surface area (TPSA) is 63.1 Å². The standard InChI is InChI=1S/C19H31N5O/c25-19(20-15-9-4-1-2-5-10-15)23-14-8-11-16(23)18-22-21-17-12-6-3-7-13-24(17)18/h15-16H,1-14H2,(H,20,25)/t16-/m0/s1. The van der Waals surface area contributed by atoms with Crippen LogP contribution in [0.1, 0.15) is 88.3 Å². The third-order valence-corrected chi connectivity index (χ3v) is 6.13. The normalized spacial score (nSPS) is 25.3. The van der Waals surface area contributed by atoms with E-state index >= 15 is 0 Å². The number of nitrogens with zero attached hydrogens (tertiary/aromatic N) is 4. The summed E-state index contributed by atoms with van der Waals surface area (Å²) in [4.78, 5) is 14.9. The van der Waals surface area contributed by atoms with E-state index in [0.717, 1.165) is 56.8 Å². The molecular weight excluding hydrogens is 314 g/mol. The molecule has 2 fully saturated rings. The van der Waals surface area contributed by atoms with Crippen LogP contribution in [0.4, 0.5) is 4.79 Å². The molecule has 1 atom stereocenters. The number of aromatic nitrogens is 3. The number of carbonyl (C=O) groups excluding carboxylic acids is 1. The number of urea groups is 1. The van der Waals surface area contributed by atoms with Gasteiger partial charge >= 0.3 is 6.03 Å². The van der Waals surface area contributed by atoms with Crippen LogP contribution in [0.5, 0.6) is 0 Å². The molecule has 3 heterocycles. The van der Waals surface area contributed by atoms with Gasteiger partial charge in [0.25, 0.3) is 0 Å². The zero-order valence-electron chi connectivity index (χ0n) is 15.3. The summed E-state index contributed by atoms with van der Waals surface area (Å²) >= 11 is 0. The molecule has 1 saturated heterocycles. The summed E-state index contributed by atoms with van der Waals surface area (Å²) in [6, 6.07) is 0.567. The number of carbonyl (C=O) groups is 1. The molecule has 0 spiro atoms. The van der Waals surface area contributed by atoms with Crippen molar-refractivity contribution >= 4 is 6.03 Å². The summed E-state index contributed by atoms with van der Waals surface area (Å²) in [7, 11) is 0. The largest absolute Gasteiger partial charge is 0.335 e. The van der Waals surface area contributed by atoms with Crippen LogP contribution in [0.15, 0.2) is 0 Å². The number of nitrogens with one attached hydrogen (secondary N) is 1. The first-order valence-electron chi connectivity index (χ1n) is 10.3. The molecule has 0 unspecified atom stereocenters. The van der Waals surface area contributed by atoms with Crippen molar-refractivity contribution in [3.63, 3.8) is 0 Å². The molecule has 0 bridgehead atoms. The van der Waals surface area contributed by atoms with Gasteiger partial charge in [0.2, 0.25) is 0 Å². The van der Waals surface area contributed by atoms with Crippen molar-refractivity contribution in [2.75, 3.05) is 6.54 Å². The molecule has 2 aliphatic heterocycles. The first kappa shape index (κ1) is 16.9. The van der Waals surface area contributed by atoms with Crippen LogP contribution < -0.4 is 5.32 Å². The van der Waals surface area contributed by atoms with Gasteiger partial charge in [-0.2, -0.15) is 0 Å². The fraction of sp³-hybridized carbons (Fsp3) is 0.842. The van der Waals surface area contributed by atoms with E-state index in [-0.39, 0.29) is 12.1 Å². The van der Waals surface area contributed by atoms with E-state index in [1.165, 1.54) is 44.9 Å². The van der Waals surface area contributed by atoms with E-state index in [1.54, 1.807) is 0 Å². The van der Waals surface area contributed by atoms with Crippen molar-refractivity contribution in [2.24, 2.45) is 0 Å². The van der Waals surface area contributed by atoms with Crippen LogP contribution in [-0.4, -0.2) is 38.3 Å². The number of amides is 2. The maximum atomic E-state index is 12.9. The van der Waals surface area contributed by atoms with Crippen molar-refractivity contribution in [3.8, 4) is 0 Å². The van der Waals surface area contributed by atoms with Crippen molar-refractivity contribution < 1.29 is 4.79 Å². The third-order valence-electron chi connectivity index (χ3n) is 6.13. The molecule has 4 rings (SSSR count). The lowest BCUT2D eigenvalue weighted by molar-refractivity contribution is 0.184. The van der Waals surface area contributed by atoms with Crippen LogP contribution >= 0.6 is 0 Å². The van der Waals surface area contributed by atoms with E-state index in [2.05, 4.69) is 20.1 Å². The highest BCUT2D eigenvalue weighted by atomic mass is 16.2. The van der Waals surface area contributed by atoms with Crippen LogP contribution in [0.25, 0.3) is 0 Å². The number of hydrogen-bond acceptors (Lipinski definition) is 3. The second-order valence-electron chi connectivity index (χ2n) is 7.93. The smallest absolute Gasteiger partial charge is 0.318 e. The Bertz CT molecular complexity index is 591. The van der Waals surface area contributed by atoms with Crippen LogP contribution in [-0.2, 0) is 13.0 Å². The van der Waals surface area contributed by atoms with E-state index in [1.807, 2.05) is 4.90 Å². The highest BCUT2D eigenvalue weighted by Crippen LogP contribution is 2.32. The molecule has 3 aliphatic rings. The molecule has 1 aliphatic carbocycles. The molecule has 6 nitrogen and oxygen atoms in total. The Balaban J connectivity index is 1.47. The minimum absolute atomic E-state index is 0.102. The molecular formula is C19H31N5O. The summed E-state index contributed by atoms with van der Waals surface area (Å²) in [6.45, 7) is 1.84. The Morgan fingerprint density at radius 3 is 2.52 bits per heavy atom. The minimum Gasteiger partial charge on any atom is -0.335 e. The predicted molar refractivity (Wildman–Crippen MR) is 96.3 cm³/mol. The van der Waals surface area contributed by atoms with Gasteiger partial charge in [0.1, 0.15) is 5.82 Å². The number of aryl methyl sites for hydroxylation is 1. The summed E-state index contributed by atoms with van der Waals surface area (Å²) in [5.74, 6) is 2.13. The van der Waals surface area contributed by atoms with E-state index in [4.69, 9.17) is 0 Å². The quantitative estimate of drug-likeness (QED) is 0.834. The van der Waals surface area contributed by atoms with Gasteiger partial charge < -0.3 is 14.8 Å². The first-order valence-corrected chi connectivity index (χ1v) is 10.3. The highest BCUT2D eigenvalue weighted by Gasteiger charge is 2.35. The van der Waals surface area contributed by atoms with Crippen LogP contribution in [0, 0.1) is 0 Å². The minimum atomic E-state index is 0.102. The molecule has 1 aromatic heterocycles. The lowest BCUT2D eigenvalue weighted by Crippen LogP contribution is -2.44. The van der Waals surface area contributed by atoms with Crippen LogP contribution in [0.2, 0.25) is 0 Å². The summed E-state index contributed by atoms with van der Waals surface area (Å²) in [5.41, 5.74) is 0. The Morgan fingerprint density at radius 2 is 1.68 bits per heavy atom. The Labute approximate surface area is 150 Å². The predicted octanol–water partition coefficient (Wildman–Crippen LogP) is 3.57. The van der Waals surface area contributed by atoms with Gasteiger partial charge in [-0.3, -0.25) is 0 Å². The number of rotatable bonds is 2. The monoisotopic (exact) mass is 345 g/mol. The summed E-state index contributed by atoms with van der Waals surface area (Å²) < 4.78 is 2.30. The van der Waals surface area contributed by atoms with Gasteiger partial charge in [0.05, 0.1) is 6.04 Å². The maximum absolute atomic E-state index is 12.9. The van der Waals surface area contributed by atoms with E-state index < -0.39 is 0 Å². The highest BCUT2D eigenvalue weighted by molar-refractivity contribution is 5.75. The molecule has 0 radical (unpaired) electrons.